The van der Waals surface area contributed by atoms with Crippen molar-refractivity contribution in [3.8, 4) is 22.6 Å². The maximum Gasteiger partial charge on any atom is 0.142 e. The number of rotatable bonds is 2. The first-order chi connectivity index (χ1) is 9.13. The van der Waals surface area contributed by atoms with E-state index in [-0.39, 0.29) is 0 Å². The van der Waals surface area contributed by atoms with E-state index in [2.05, 4.69) is 15.1 Å². The molecule has 0 saturated carbocycles. The van der Waals surface area contributed by atoms with Gasteiger partial charge in [0.1, 0.15) is 16.2 Å². The highest BCUT2D eigenvalue weighted by Gasteiger charge is 2.09. The Balaban J connectivity index is 2.16. The van der Waals surface area contributed by atoms with Gasteiger partial charge in [-0.3, -0.25) is 4.68 Å². The third kappa shape index (κ3) is 2.22. The normalized spacial score (nSPS) is 10.8. The molecule has 0 radical (unpaired) electrons. The van der Waals surface area contributed by atoms with Gasteiger partial charge in [0.05, 0.1) is 23.7 Å². The predicted molar refractivity (Wildman–Crippen MR) is 74.1 cm³/mol. The lowest BCUT2D eigenvalue weighted by atomic mass is 10.2. The van der Waals surface area contributed by atoms with Crippen LogP contribution in [-0.2, 0) is 7.05 Å². The van der Waals surface area contributed by atoms with Gasteiger partial charge in [-0.1, -0.05) is 12.2 Å². The van der Waals surface area contributed by atoms with Crippen molar-refractivity contribution < 1.29 is 4.42 Å². The minimum Gasteiger partial charge on any atom is -0.469 e. The maximum atomic E-state index is 5.30. The molecule has 0 atom stereocenters. The summed E-state index contributed by atoms with van der Waals surface area (Å²) in [5.74, 6) is 1.51. The highest BCUT2D eigenvalue weighted by Crippen LogP contribution is 2.23. The second kappa shape index (κ2) is 4.47. The Morgan fingerprint density at radius 3 is 2.89 bits per heavy atom. The molecular formula is C13H12N4OS. The van der Waals surface area contributed by atoms with Gasteiger partial charge in [0.15, 0.2) is 0 Å². The van der Waals surface area contributed by atoms with Crippen LogP contribution in [0.15, 0.2) is 35.2 Å². The number of aryl methyl sites for hydroxylation is 2. The Morgan fingerprint density at radius 1 is 1.42 bits per heavy atom. The van der Waals surface area contributed by atoms with Crippen LogP contribution in [-0.4, -0.2) is 19.7 Å². The highest BCUT2D eigenvalue weighted by atomic mass is 32.1. The Hall–Kier alpha value is -2.21. The van der Waals surface area contributed by atoms with E-state index in [9.17, 15) is 0 Å². The van der Waals surface area contributed by atoms with Gasteiger partial charge in [-0.05, 0) is 19.1 Å². The minimum atomic E-state index is 0.535. The van der Waals surface area contributed by atoms with Crippen LogP contribution in [0.25, 0.3) is 22.6 Å². The Kier molecular flexibility index (Phi) is 2.79. The third-order valence-corrected chi connectivity index (χ3v) is 3.08. The van der Waals surface area contributed by atoms with Crippen LogP contribution < -0.4 is 0 Å². The Labute approximate surface area is 114 Å². The molecule has 0 spiro atoms. The molecule has 5 nitrogen and oxygen atoms in total. The summed E-state index contributed by atoms with van der Waals surface area (Å²) in [6.07, 6.45) is 5.35. The molecule has 0 unspecified atom stereocenters. The molecular weight excluding hydrogens is 260 g/mol. The van der Waals surface area contributed by atoms with Crippen molar-refractivity contribution in [1.82, 2.24) is 19.7 Å². The zero-order chi connectivity index (χ0) is 13.4. The second-order valence-corrected chi connectivity index (χ2v) is 4.69. The number of nitrogens with zero attached hydrogens (tertiary/aromatic N) is 3. The zero-order valence-corrected chi connectivity index (χ0v) is 11.4. The average molecular weight is 272 g/mol. The molecule has 0 amide bonds. The zero-order valence-electron chi connectivity index (χ0n) is 10.5. The van der Waals surface area contributed by atoms with Gasteiger partial charge in [-0.15, -0.1) is 0 Å². The summed E-state index contributed by atoms with van der Waals surface area (Å²) in [6, 6.07) is 3.70. The van der Waals surface area contributed by atoms with E-state index in [1.807, 2.05) is 32.3 Å². The fraction of sp³-hybridized carbons (Fsp3) is 0.154. The summed E-state index contributed by atoms with van der Waals surface area (Å²) in [5, 5.41) is 4.16. The SMILES string of the molecule is Cc1occc1-c1nc(=S)cc(-c2cnn(C)c2)[nH]1. The average Bonchev–Trinajstić information content (AvgIpc) is 2.97. The summed E-state index contributed by atoms with van der Waals surface area (Å²) in [4.78, 5) is 7.61. The second-order valence-electron chi connectivity index (χ2n) is 4.27. The van der Waals surface area contributed by atoms with Crippen molar-refractivity contribution in [1.29, 1.82) is 0 Å². The number of H-pyrrole nitrogens is 1. The van der Waals surface area contributed by atoms with Gasteiger partial charge < -0.3 is 9.40 Å². The predicted octanol–water partition coefficient (Wildman–Crippen LogP) is 3.11. The topological polar surface area (TPSA) is 59.6 Å². The summed E-state index contributed by atoms with van der Waals surface area (Å²) >= 11 is 5.22. The van der Waals surface area contributed by atoms with Crippen molar-refractivity contribution in [2.45, 2.75) is 6.92 Å². The van der Waals surface area contributed by atoms with Crippen molar-refractivity contribution in [3.63, 3.8) is 0 Å². The van der Waals surface area contributed by atoms with Gasteiger partial charge in [0, 0.05) is 18.8 Å². The fourth-order valence-corrected chi connectivity index (χ4v) is 2.14. The lowest BCUT2D eigenvalue weighted by Gasteiger charge is -2.03. The van der Waals surface area contributed by atoms with Crippen molar-refractivity contribution >= 4 is 12.2 Å². The highest BCUT2D eigenvalue weighted by molar-refractivity contribution is 7.71. The monoisotopic (exact) mass is 272 g/mol. The van der Waals surface area contributed by atoms with Crippen molar-refractivity contribution in [2.24, 2.45) is 7.05 Å². The van der Waals surface area contributed by atoms with E-state index in [4.69, 9.17) is 16.6 Å². The molecule has 0 fully saturated rings. The van der Waals surface area contributed by atoms with Crippen LogP contribution in [0, 0.1) is 11.6 Å². The van der Waals surface area contributed by atoms with E-state index in [0.29, 0.717) is 10.5 Å². The van der Waals surface area contributed by atoms with Crippen molar-refractivity contribution in [3.05, 3.63) is 41.2 Å². The molecule has 96 valence electrons. The smallest absolute Gasteiger partial charge is 0.142 e. The van der Waals surface area contributed by atoms with Gasteiger partial charge in [0.25, 0.3) is 0 Å². The molecule has 6 heteroatoms. The number of furan rings is 1. The van der Waals surface area contributed by atoms with E-state index in [1.165, 1.54) is 0 Å². The molecule has 19 heavy (non-hydrogen) atoms. The first-order valence-electron chi connectivity index (χ1n) is 5.78. The van der Waals surface area contributed by atoms with Crippen LogP contribution in [0.5, 0.6) is 0 Å². The molecule has 0 aliphatic heterocycles. The summed E-state index contributed by atoms with van der Waals surface area (Å²) < 4.78 is 7.58. The van der Waals surface area contributed by atoms with Gasteiger partial charge in [0.2, 0.25) is 0 Å². The number of hydrogen-bond acceptors (Lipinski definition) is 4. The standard InChI is InChI=1S/C13H12N4OS/c1-8-10(3-4-18-8)13-15-11(5-12(19)16-13)9-6-14-17(2)7-9/h3-7H,1-2H3,(H,15,16,19). The molecule has 0 aliphatic rings. The van der Waals surface area contributed by atoms with E-state index in [0.717, 1.165) is 22.6 Å². The molecule has 1 N–H and O–H groups in total. The number of aromatic amines is 1. The van der Waals surface area contributed by atoms with Crippen molar-refractivity contribution in [2.75, 3.05) is 0 Å². The van der Waals surface area contributed by atoms with E-state index in [1.54, 1.807) is 17.1 Å². The maximum absolute atomic E-state index is 5.30. The third-order valence-electron chi connectivity index (χ3n) is 2.87. The molecule has 0 aromatic carbocycles. The Bertz CT molecular complexity index is 784. The van der Waals surface area contributed by atoms with Gasteiger partial charge in [-0.2, -0.15) is 5.10 Å². The largest absolute Gasteiger partial charge is 0.469 e. The molecule has 3 aromatic rings. The van der Waals surface area contributed by atoms with Gasteiger partial charge in [-0.25, -0.2) is 4.98 Å². The van der Waals surface area contributed by atoms with E-state index >= 15 is 0 Å². The molecule has 3 rings (SSSR count). The molecule has 3 heterocycles. The molecule has 3 aromatic heterocycles. The number of hydrogen-bond donors (Lipinski definition) is 1. The minimum absolute atomic E-state index is 0.535. The molecule has 0 bridgehead atoms. The van der Waals surface area contributed by atoms with Crippen LogP contribution in [0.1, 0.15) is 5.76 Å². The lowest BCUT2D eigenvalue weighted by Crippen LogP contribution is -1.92. The Morgan fingerprint density at radius 2 is 2.26 bits per heavy atom. The fourth-order valence-electron chi connectivity index (χ4n) is 1.93. The van der Waals surface area contributed by atoms with Crippen LogP contribution in [0.4, 0.5) is 0 Å². The first kappa shape index (κ1) is 11.9. The first-order valence-corrected chi connectivity index (χ1v) is 6.19. The van der Waals surface area contributed by atoms with Crippen LogP contribution in [0.3, 0.4) is 0 Å². The van der Waals surface area contributed by atoms with Crippen LogP contribution >= 0.6 is 12.2 Å². The number of nitrogens with one attached hydrogen (secondary N) is 1. The van der Waals surface area contributed by atoms with E-state index < -0.39 is 0 Å². The van der Waals surface area contributed by atoms with Crippen LogP contribution in [0.2, 0.25) is 0 Å². The summed E-state index contributed by atoms with van der Waals surface area (Å²) in [5.41, 5.74) is 2.78. The molecule has 0 aliphatic carbocycles. The lowest BCUT2D eigenvalue weighted by molar-refractivity contribution is 0.535. The summed E-state index contributed by atoms with van der Waals surface area (Å²) in [7, 11) is 1.88. The van der Waals surface area contributed by atoms with Gasteiger partial charge >= 0.3 is 0 Å². The number of aromatic nitrogens is 4. The summed E-state index contributed by atoms with van der Waals surface area (Å²) in [6.45, 7) is 1.89. The molecule has 0 saturated heterocycles. The quantitative estimate of drug-likeness (QED) is 0.728.